The van der Waals surface area contributed by atoms with Gasteiger partial charge in [-0.1, -0.05) is 12.1 Å². The quantitative estimate of drug-likeness (QED) is 0.689. The number of piperidine rings is 1. The minimum atomic E-state index is 0.800. The van der Waals surface area contributed by atoms with Crippen molar-refractivity contribution in [2.75, 3.05) is 13.1 Å². The van der Waals surface area contributed by atoms with E-state index in [1.165, 1.54) is 25.8 Å². The van der Waals surface area contributed by atoms with Crippen molar-refractivity contribution in [3.05, 3.63) is 12.2 Å². The Labute approximate surface area is 77.9 Å². The number of aromatic nitrogens is 2. The number of hydrogen-bond acceptors (Lipinski definition) is 4. The maximum atomic E-state index is 4.70. The Bertz CT molecular complexity index is 247. The van der Waals surface area contributed by atoms with Crippen LogP contribution in [0.3, 0.4) is 0 Å². The van der Waals surface area contributed by atoms with Crippen LogP contribution in [0.25, 0.3) is 0 Å². The Balaban J connectivity index is 1.87. The van der Waals surface area contributed by atoms with Crippen LogP contribution in [0.15, 0.2) is 10.9 Å². The van der Waals surface area contributed by atoms with E-state index in [1.54, 1.807) is 0 Å². The molecule has 0 aliphatic carbocycles. The lowest BCUT2D eigenvalue weighted by Gasteiger charge is -2.29. The highest BCUT2D eigenvalue weighted by molar-refractivity contribution is 4.80. The van der Waals surface area contributed by atoms with E-state index in [-0.39, 0.29) is 0 Å². The van der Waals surface area contributed by atoms with Crippen molar-refractivity contribution in [3.63, 3.8) is 0 Å². The fourth-order valence-electron chi connectivity index (χ4n) is 1.89. The number of hydrogen-bond donors (Lipinski definition) is 0. The molecule has 2 heterocycles. The van der Waals surface area contributed by atoms with Crippen LogP contribution in [0.4, 0.5) is 0 Å². The van der Waals surface area contributed by atoms with Gasteiger partial charge in [-0.2, -0.15) is 4.98 Å². The number of rotatable bonds is 2. The Morgan fingerprint density at radius 3 is 3.31 bits per heavy atom. The second-order valence-corrected chi connectivity index (χ2v) is 3.83. The van der Waals surface area contributed by atoms with Crippen molar-refractivity contribution in [1.82, 2.24) is 15.0 Å². The van der Waals surface area contributed by atoms with Crippen LogP contribution in [-0.2, 0) is 6.54 Å². The second-order valence-electron chi connectivity index (χ2n) is 3.83. The smallest absolute Gasteiger partial charge is 0.213 e. The van der Waals surface area contributed by atoms with Gasteiger partial charge < -0.3 is 4.52 Å². The Hall–Kier alpha value is -0.900. The first-order valence-electron chi connectivity index (χ1n) is 4.82. The third kappa shape index (κ3) is 2.28. The molecule has 1 saturated heterocycles. The van der Waals surface area contributed by atoms with E-state index in [2.05, 4.69) is 22.0 Å². The molecule has 0 N–H and O–H groups in total. The van der Waals surface area contributed by atoms with Crippen molar-refractivity contribution in [1.29, 1.82) is 0 Å². The largest absolute Gasteiger partial charge is 0.343 e. The van der Waals surface area contributed by atoms with Crippen LogP contribution in [0.2, 0.25) is 0 Å². The topological polar surface area (TPSA) is 42.2 Å². The molecule has 4 nitrogen and oxygen atoms in total. The molecule has 4 heteroatoms. The summed E-state index contributed by atoms with van der Waals surface area (Å²) < 4.78 is 4.70. The highest BCUT2D eigenvalue weighted by Crippen LogP contribution is 2.16. The summed E-state index contributed by atoms with van der Waals surface area (Å²) in [6.45, 7) is 5.46. The molecule has 1 atom stereocenters. The molecule has 1 aromatic heterocycles. The summed E-state index contributed by atoms with van der Waals surface area (Å²) in [6.07, 6.45) is 4.03. The van der Waals surface area contributed by atoms with Crippen molar-refractivity contribution in [2.24, 2.45) is 5.92 Å². The molecule has 0 aromatic carbocycles. The highest BCUT2D eigenvalue weighted by Gasteiger charge is 2.17. The average Bonchev–Trinajstić information content (AvgIpc) is 2.57. The zero-order valence-corrected chi connectivity index (χ0v) is 7.94. The van der Waals surface area contributed by atoms with Crippen LogP contribution in [-0.4, -0.2) is 28.1 Å². The van der Waals surface area contributed by atoms with Gasteiger partial charge in [0.1, 0.15) is 0 Å². The SMILES string of the molecule is CC1CCCN(Cc2ncon2)C1. The van der Waals surface area contributed by atoms with Gasteiger partial charge in [0.15, 0.2) is 5.82 Å². The summed E-state index contributed by atoms with van der Waals surface area (Å²) in [5, 5.41) is 3.81. The first-order valence-corrected chi connectivity index (χ1v) is 4.82. The summed E-state index contributed by atoms with van der Waals surface area (Å²) >= 11 is 0. The highest BCUT2D eigenvalue weighted by atomic mass is 16.5. The zero-order valence-electron chi connectivity index (χ0n) is 7.94. The van der Waals surface area contributed by atoms with Crippen molar-refractivity contribution < 1.29 is 4.52 Å². The monoisotopic (exact) mass is 181 g/mol. The van der Waals surface area contributed by atoms with Crippen LogP contribution in [0, 0.1) is 5.92 Å². The van der Waals surface area contributed by atoms with Gasteiger partial charge >= 0.3 is 0 Å². The molecule has 0 spiro atoms. The third-order valence-corrected chi connectivity index (χ3v) is 2.51. The van der Waals surface area contributed by atoms with Crippen LogP contribution in [0.1, 0.15) is 25.6 Å². The Kier molecular flexibility index (Phi) is 2.59. The predicted molar refractivity (Wildman–Crippen MR) is 48.0 cm³/mol. The number of likely N-dealkylation sites (tertiary alicyclic amines) is 1. The van der Waals surface area contributed by atoms with Gasteiger partial charge in [-0.3, -0.25) is 4.90 Å². The van der Waals surface area contributed by atoms with Crippen LogP contribution in [0.5, 0.6) is 0 Å². The predicted octanol–water partition coefficient (Wildman–Crippen LogP) is 1.30. The minimum Gasteiger partial charge on any atom is -0.343 e. The Morgan fingerprint density at radius 2 is 2.62 bits per heavy atom. The lowest BCUT2D eigenvalue weighted by atomic mass is 10.0. The molecule has 2 rings (SSSR count). The molecule has 0 bridgehead atoms. The normalized spacial score (nSPS) is 24.8. The fraction of sp³-hybridized carbons (Fsp3) is 0.778. The summed E-state index contributed by atoms with van der Waals surface area (Å²) in [7, 11) is 0. The van der Waals surface area contributed by atoms with Crippen molar-refractivity contribution in [2.45, 2.75) is 26.3 Å². The van der Waals surface area contributed by atoms with Crippen LogP contribution >= 0.6 is 0 Å². The summed E-state index contributed by atoms with van der Waals surface area (Å²) in [5.74, 6) is 1.61. The van der Waals surface area contributed by atoms with E-state index in [4.69, 9.17) is 4.52 Å². The molecule has 72 valence electrons. The van der Waals surface area contributed by atoms with Gasteiger partial charge in [-0.15, -0.1) is 0 Å². The Morgan fingerprint density at radius 1 is 1.69 bits per heavy atom. The average molecular weight is 181 g/mol. The first-order chi connectivity index (χ1) is 6.34. The lowest BCUT2D eigenvalue weighted by molar-refractivity contribution is 0.171. The summed E-state index contributed by atoms with van der Waals surface area (Å²) in [4.78, 5) is 6.40. The van der Waals surface area contributed by atoms with Gasteiger partial charge in [-0.05, 0) is 25.3 Å². The van der Waals surface area contributed by atoms with E-state index in [0.717, 1.165) is 24.8 Å². The number of nitrogens with zero attached hydrogens (tertiary/aromatic N) is 3. The van der Waals surface area contributed by atoms with E-state index in [0.29, 0.717) is 0 Å². The molecule has 1 aromatic rings. The van der Waals surface area contributed by atoms with Gasteiger partial charge in [0.05, 0.1) is 6.54 Å². The molecule has 0 saturated carbocycles. The van der Waals surface area contributed by atoms with Gasteiger partial charge in [0, 0.05) is 6.54 Å². The summed E-state index contributed by atoms with van der Waals surface area (Å²) in [6, 6.07) is 0. The second kappa shape index (κ2) is 3.87. The molecule has 0 amide bonds. The molecule has 1 aliphatic heterocycles. The summed E-state index contributed by atoms with van der Waals surface area (Å²) in [5.41, 5.74) is 0. The molecule has 1 aliphatic rings. The fourth-order valence-corrected chi connectivity index (χ4v) is 1.89. The van der Waals surface area contributed by atoms with Crippen molar-refractivity contribution in [3.8, 4) is 0 Å². The van der Waals surface area contributed by atoms with Crippen molar-refractivity contribution >= 4 is 0 Å². The molecule has 1 fully saturated rings. The maximum absolute atomic E-state index is 4.70. The first kappa shape index (κ1) is 8.69. The molecular weight excluding hydrogens is 166 g/mol. The van der Waals surface area contributed by atoms with Gasteiger partial charge in [0.25, 0.3) is 0 Å². The lowest BCUT2D eigenvalue weighted by Crippen LogP contribution is -2.34. The standard InChI is InChI=1S/C9H15N3O/c1-8-3-2-4-12(5-8)6-9-10-7-13-11-9/h7-8H,2-6H2,1H3. The zero-order chi connectivity index (χ0) is 9.10. The molecule has 0 radical (unpaired) electrons. The third-order valence-electron chi connectivity index (χ3n) is 2.51. The van der Waals surface area contributed by atoms with Crippen LogP contribution < -0.4 is 0 Å². The maximum Gasteiger partial charge on any atom is 0.213 e. The minimum absolute atomic E-state index is 0.800. The van der Waals surface area contributed by atoms with E-state index < -0.39 is 0 Å². The molecular formula is C9H15N3O. The van der Waals surface area contributed by atoms with Gasteiger partial charge in [-0.25, -0.2) is 0 Å². The molecule has 1 unspecified atom stereocenters. The molecule has 13 heavy (non-hydrogen) atoms. The van der Waals surface area contributed by atoms with E-state index >= 15 is 0 Å². The van der Waals surface area contributed by atoms with Gasteiger partial charge in [0.2, 0.25) is 6.39 Å². The van der Waals surface area contributed by atoms with E-state index in [1.807, 2.05) is 0 Å². The van der Waals surface area contributed by atoms with E-state index in [9.17, 15) is 0 Å².